The number of halogens is 3. The third-order valence-electron chi connectivity index (χ3n) is 2.17. The number of nitrogens with one attached hydrogen (secondary N) is 1. The van der Waals surface area contributed by atoms with Gasteiger partial charge in [0.2, 0.25) is 0 Å². The van der Waals surface area contributed by atoms with Crippen LogP contribution in [0.4, 0.5) is 10.1 Å². The first-order valence-corrected chi connectivity index (χ1v) is 6.52. The second-order valence-electron chi connectivity index (χ2n) is 3.44. The van der Waals surface area contributed by atoms with Crippen molar-refractivity contribution in [2.45, 2.75) is 0 Å². The third-order valence-corrected chi connectivity index (χ3v) is 3.26. The van der Waals surface area contributed by atoms with Crippen LogP contribution in [0.25, 0.3) is 0 Å². The van der Waals surface area contributed by atoms with E-state index >= 15 is 0 Å². The number of carbonyl (C=O) groups is 1. The molecule has 0 aliphatic heterocycles. The minimum atomic E-state index is -0.499. The second-order valence-corrected chi connectivity index (χ2v) is 5.21. The molecule has 0 atom stereocenters. The van der Waals surface area contributed by atoms with Gasteiger partial charge in [0.05, 0.1) is 11.3 Å². The number of pyridine rings is 1. The number of amides is 1. The van der Waals surface area contributed by atoms with E-state index < -0.39 is 11.7 Å². The van der Waals surface area contributed by atoms with Crippen LogP contribution in [-0.2, 0) is 0 Å². The molecule has 0 fully saturated rings. The molecule has 1 heterocycles. The van der Waals surface area contributed by atoms with Crippen molar-refractivity contribution in [3.05, 3.63) is 57.0 Å². The molecule has 92 valence electrons. The van der Waals surface area contributed by atoms with Gasteiger partial charge in [-0.15, -0.1) is 0 Å². The van der Waals surface area contributed by atoms with Gasteiger partial charge in [0.25, 0.3) is 5.91 Å². The van der Waals surface area contributed by atoms with E-state index in [-0.39, 0.29) is 5.69 Å². The molecular weight excluding hydrogens is 367 g/mol. The normalized spacial score (nSPS) is 10.2. The predicted octanol–water partition coefficient (Wildman–Crippen LogP) is 4.00. The summed E-state index contributed by atoms with van der Waals surface area (Å²) < 4.78 is 14.7. The van der Waals surface area contributed by atoms with Crippen molar-refractivity contribution in [1.82, 2.24) is 4.98 Å². The molecule has 2 aromatic rings. The summed E-state index contributed by atoms with van der Waals surface area (Å²) in [5.41, 5.74) is 0.460. The maximum Gasteiger partial charge on any atom is 0.257 e. The van der Waals surface area contributed by atoms with Gasteiger partial charge in [-0.1, -0.05) is 6.07 Å². The maximum absolute atomic E-state index is 13.5. The molecule has 3 nitrogen and oxygen atoms in total. The Hall–Kier alpha value is -1.27. The van der Waals surface area contributed by atoms with Gasteiger partial charge in [-0.3, -0.25) is 9.78 Å². The summed E-state index contributed by atoms with van der Waals surface area (Å²) in [4.78, 5) is 15.8. The van der Waals surface area contributed by atoms with Crippen molar-refractivity contribution in [3.8, 4) is 0 Å². The lowest BCUT2D eigenvalue weighted by Crippen LogP contribution is -2.13. The quantitative estimate of drug-likeness (QED) is 0.864. The fourth-order valence-corrected chi connectivity index (χ4v) is 2.14. The lowest BCUT2D eigenvalue weighted by atomic mass is 10.2. The first-order valence-electron chi connectivity index (χ1n) is 4.94. The highest BCUT2D eigenvalue weighted by molar-refractivity contribution is 9.10. The van der Waals surface area contributed by atoms with Gasteiger partial charge in [-0.2, -0.15) is 0 Å². The molecule has 0 saturated carbocycles. The zero-order chi connectivity index (χ0) is 13.1. The summed E-state index contributed by atoms with van der Waals surface area (Å²) in [5, 5.41) is 2.50. The van der Waals surface area contributed by atoms with E-state index in [0.29, 0.717) is 14.5 Å². The standard InChI is InChI=1S/C12H7Br2FN2O/c13-8-4-7(5-16-6-8)12(18)17-11-9(14)2-1-3-10(11)15/h1-6H,(H,17,18). The Morgan fingerprint density at radius 3 is 2.72 bits per heavy atom. The SMILES string of the molecule is O=C(Nc1c(F)cccc1Br)c1cncc(Br)c1. The number of anilines is 1. The molecule has 6 heteroatoms. The molecular formula is C12H7Br2FN2O. The molecule has 1 amide bonds. The minimum absolute atomic E-state index is 0.113. The molecule has 0 radical (unpaired) electrons. The van der Waals surface area contributed by atoms with Crippen molar-refractivity contribution < 1.29 is 9.18 Å². The summed E-state index contributed by atoms with van der Waals surface area (Å²) in [6, 6.07) is 6.09. The topological polar surface area (TPSA) is 42.0 Å². The Kier molecular flexibility index (Phi) is 4.08. The van der Waals surface area contributed by atoms with E-state index in [1.165, 1.54) is 12.3 Å². The molecule has 1 N–H and O–H groups in total. The monoisotopic (exact) mass is 372 g/mol. The van der Waals surface area contributed by atoms with Crippen LogP contribution in [0.2, 0.25) is 0 Å². The summed E-state index contributed by atoms with van der Waals surface area (Å²) in [5.74, 6) is -0.921. The van der Waals surface area contributed by atoms with Gasteiger partial charge in [0, 0.05) is 21.3 Å². The second kappa shape index (κ2) is 5.58. The lowest BCUT2D eigenvalue weighted by molar-refractivity contribution is 0.102. The summed E-state index contributed by atoms with van der Waals surface area (Å²) in [6.07, 6.45) is 2.98. The van der Waals surface area contributed by atoms with Crippen LogP contribution in [-0.4, -0.2) is 10.9 Å². The Morgan fingerprint density at radius 2 is 2.06 bits per heavy atom. The van der Waals surface area contributed by atoms with Crippen molar-refractivity contribution in [2.75, 3.05) is 5.32 Å². The van der Waals surface area contributed by atoms with E-state index in [2.05, 4.69) is 42.2 Å². The predicted molar refractivity (Wildman–Crippen MR) is 74.0 cm³/mol. The van der Waals surface area contributed by atoms with Crippen LogP contribution in [0.5, 0.6) is 0 Å². The molecule has 1 aromatic heterocycles. The average molecular weight is 374 g/mol. The van der Waals surface area contributed by atoms with Crippen molar-refractivity contribution >= 4 is 43.5 Å². The molecule has 1 aromatic carbocycles. The molecule has 0 aliphatic rings. The Balaban J connectivity index is 2.27. The largest absolute Gasteiger partial charge is 0.318 e. The Labute approximate surface area is 120 Å². The summed E-state index contributed by atoms with van der Waals surface area (Å²) in [6.45, 7) is 0. The van der Waals surface area contributed by atoms with Gasteiger partial charge < -0.3 is 5.32 Å². The van der Waals surface area contributed by atoms with Crippen molar-refractivity contribution in [2.24, 2.45) is 0 Å². The van der Waals surface area contributed by atoms with Crippen LogP contribution in [0.15, 0.2) is 45.6 Å². The zero-order valence-electron chi connectivity index (χ0n) is 8.95. The molecule has 0 unspecified atom stereocenters. The number of hydrogen-bond acceptors (Lipinski definition) is 2. The van der Waals surface area contributed by atoms with Gasteiger partial charge >= 0.3 is 0 Å². The zero-order valence-corrected chi connectivity index (χ0v) is 12.1. The van der Waals surface area contributed by atoms with Gasteiger partial charge in [-0.05, 0) is 50.1 Å². The van der Waals surface area contributed by atoms with E-state index in [1.54, 1.807) is 24.4 Å². The van der Waals surface area contributed by atoms with Crippen LogP contribution >= 0.6 is 31.9 Å². The van der Waals surface area contributed by atoms with Gasteiger partial charge in [0.15, 0.2) is 0 Å². The van der Waals surface area contributed by atoms with Crippen LogP contribution < -0.4 is 5.32 Å². The number of rotatable bonds is 2. The molecule has 0 saturated heterocycles. The van der Waals surface area contributed by atoms with Gasteiger partial charge in [-0.25, -0.2) is 4.39 Å². The van der Waals surface area contributed by atoms with E-state index in [4.69, 9.17) is 0 Å². The number of carbonyl (C=O) groups excluding carboxylic acids is 1. The molecule has 0 spiro atoms. The van der Waals surface area contributed by atoms with Crippen molar-refractivity contribution in [3.63, 3.8) is 0 Å². The highest BCUT2D eigenvalue weighted by Crippen LogP contribution is 2.25. The number of aromatic nitrogens is 1. The smallest absolute Gasteiger partial charge is 0.257 e. The van der Waals surface area contributed by atoms with Gasteiger partial charge in [0.1, 0.15) is 5.82 Å². The highest BCUT2D eigenvalue weighted by atomic mass is 79.9. The first kappa shape index (κ1) is 13.2. The highest BCUT2D eigenvalue weighted by Gasteiger charge is 2.12. The summed E-state index contributed by atoms with van der Waals surface area (Å²) in [7, 11) is 0. The number of nitrogens with zero attached hydrogens (tertiary/aromatic N) is 1. The van der Waals surface area contributed by atoms with Crippen LogP contribution in [0.3, 0.4) is 0 Å². The lowest BCUT2D eigenvalue weighted by Gasteiger charge is -2.08. The van der Waals surface area contributed by atoms with Crippen LogP contribution in [0, 0.1) is 5.82 Å². The molecule has 0 bridgehead atoms. The van der Waals surface area contributed by atoms with E-state index in [9.17, 15) is 9.18 Å². The van der Waals surface area contributed by atoms with E-state index in [1.807, 2.05) is 0 Å². The molecule has 0 aliphatic carbocycles. The Morgan fingerprint density at radius 1 is 1.28 bits per heavy atom. The minimum Gasteiger partial charge on any atom is -0.318 e. The summed E-state index contributed by atoms with van der Waals surface area (Å²) >= 11 is 6.40. The fourth-order valence-electron chi connectivity index (χ4n) is 1.34. The number of para-hydroxylation sites is 1. The number of hydrogen-bond donors (Lipinski definition) is 1. The first-order chi connectivity index (χ1) is 8.58. The third kappa shape index (κ3) is 2.94. The van der Waals surface area contributed by atoms with E-state index in [0.717, 1.165) is 0 Å². The maximum atomic E-state index is 13.5. The van der Waals surface area contributed by atoms with Crippen LogP contribution in [0.1, 0.15) is 10.4 Å². The Bertz CT molecular complexity index is 584. The molecule has 2 rings (SSSR count). The van der Waals surface area contributed by atoms with Crippen molar-refractivity contribution in [1.29, 1.82) is 0 Å². The number of benzene rings is 1. The molecule has 18 heavy (non-hydrogen) atoms. The fraction of sp³-hybridized carbons (Fsp3) is 0. The average Bonchev–Trinajstić information content (AvgIpc) is 2.34.